The minimum Gasteiger partial charge on any atom is -0.309 e. The van der Waals surface area contributed by atoms with Crippen LogP contribution in [0.1, 0.15) is 0 Å². The molecule has 0 saturated heterocycles. The van der Waals surface area contributed by atoms with Crippen molar-refractivity contribution in [3.8, 4) is 33.1 Å². The first-order valence-corrected chi connectivity index (χ1v) is 19.5. The third-order valence-electron chi connectivity index (χ3n) is 11.3. The van der Waals surface area contributed by atoms with Crippen molar-refractivity contribution in [2.75, 3.05) is 0 Å². The second-order valence-corrected chi connectivity index (χ2v) is 15.4. The van der Waals surface area contributed by atoms with Gasteiger partial charge in [0.1, 0.15) is 5.01 Å². The lowest BCUT2D eigenvalue weighted by Gasteiger charge is -2.12. The van der Waals surface area contributed by atoms with Crippen molar-refractivity contribution in [3.63, 3.8) is 0 Å². The molecule has 0 unspecified atom stereocenters. The molecule has 0 N–H and O–H groups in total. The molecule has 9 aromatic carbocycles. The van der Waals surface area contributed by atoms with Crippen LogP contribution >= 0.6 is 11.3 Å². The largest absolute Gasteiger partial charge is 0.309 e. The fourth-order valence-electron chi connectivity index (χ4n) is 8.80. The van der Waals surface area contributed by atoms with Gasteiger partial charge < -0.3 is 9.13 Å². The topological polar surface area (TPSA) is 22.8 Å². The molecular formula is C51H31N3S. The monoisotopic (exact) mass is 717 g/mol. The summed E-state index contributed by atoms with van der Waals surface area (Å²) < 4.78 is 6.00. The number of hydrogen-bond donors (Lipinski definition) is 0. The Kier molecular flexibility index (Phi) is 6.50. The van der Waals surface area contributed by atoms with Crippen LogP contribution in [0.5, 0.6) is 0 Å². The Morgan fingerprint density at radius 3 is 1.65 bits per heavy atom. The maximum Gasteiger partial charge on any atom is 0.124 e. The average Bonchev–Trinajstić information content (AvgIpc) is 3.94. The SMILES string of the molecule is c1ccc(-c2nc3c(ccc4ccc5cc(-n6c7ccccc7c7cc(-c8ccc(-n9c%10ccccc%10c%10ccccc%109)cc8)ccc76)ccc5c43)s2)cc1. The molecule has 55 heavy (non-hydrogen) atoms. The zero-order valence-corrected chi connectivity index (χ0v) is 30.5. The smallest absolute Gasteiger partial charge is 0.124 e. The number of fused-ring (bicyclic) bond motifs is 11. The van der Waals surface area contributed by atoms with E-state index >= 15 is 0 Å². The Balaban J connectivity index is 0.971. The van der Waals surface area contributed by atoms with E-state index < -0.39 is 0 Å². The Hall–Kier alpha value is -7.01. The third kappa shape index (κ3) is 4.59. The molecule has 3 heterocycles. The minimum atomic E-state index is 1.06. The molecule has 4 heteroatoms. The van der Waals surface area contributed by atoms with Gasteiger partial charge in [-0.1, -0.05) is 127 Å². The summed E-state index contributed by atoms with van der Waals surface area (Å²) in [6.45, 7) is 0. The van der Waals surface area contributed by atoms with Crippen molar-refractivity contribution < 1.29 is 0 Å². The second kappa shape index (κ2) is 11.7. The number of rotatable bonds is 4. The van der Waals surface area contributed by atoms with Gasteiger partial charge in [-0.3, -0.25) is 0 Å². The van der Waals surface area contributed by atoms with Crippen LogP contribution in [0.2, 0.25) is 0 Å². The first-order valence-electron chi connectivity index (χ1n) is 18.7. The van der Waals surface area contributed by atoms with Crippen molar-refractivity contribution in [3.05, 3.63) is 188 Å². The fraction of sp³-hybridized carbons (Fsp3) is 0. The van der Waals surface area contributed by atoms with Gasteiger partial charge in [0.25, 0.3) is 0 Å². The maximum atomic E-state index is 5.20. The molecule has 0 atom stereocenters. The summed E-state index contributed by atoms with van der Waals surface area (Å²) in [4.78, 5) is 5.20. The lowest BCUT2D eigenvalue weighted by molar-refractivity contribution is 1.18. The van der Waals surface area contributed by atoms with Gasteiger partial charge in [-0.2, -0.15) is 0 Å². The molecule has 3 nitrogen and oxygen atoms in total. The van der Waals surface area contributed by atoms with Crippen LogP contribution in [0.15, 0.2) is 188 Å². The summed E-state index contributed by atoms with van der Waals surface area (Å²) in [6, 6.07) is 68.4. The molecule has 0 aliphatic carbocycles. The first-order chi connectivity index (χ1) is 27.3. The van der Waals surface area contributed by atoms with Crippen molar-refractivity contribution in [1.29, 1.82) is 0 Å². The first kappa shape index (κ1) is 30.5. The average molecular weight is 718 g/mol. The molecule has 0 aliphatic rings. The summed E-state index contributed by atoms with van der Waals surface area (Å²) in [6.07, 6.45) is 0. The number of hydrogen-bond acceptors (Lipinski definition) is 2. The van der Waals surface area contributed by atoms with Gasteiger partial charge in [-0.15, -0.1) is 11.3 Å². The normalized spacial score (nSPS) is 12.0. The molecule has 256 valence electrons. The fourth-order valence-corrected chi connectivity index (χ4v) is 9.78. The summed E-state index contributed by atoms with van der Waals surface area (Å²) in [5.74, 6) is 0. The zero-order chi connectivity index (χ0) is 36.0. The zero-order valence-electron chi connectivity index (χ0n) is 29.6. The third-order valence-corrected chi connectivity index (χ3v) is 12.4. The van der Waals surface area contributed by atoms with E-state index in [1.54, 1.807) is 11.3 Å². The van der Waals surface area contributed by atoms with Gasteiger partial charge in [-0.25, -0.2) is 4.98 Å². The standard InChI is InChI=1S/C51H31N3S/c1-2-10-34(11-3-1)51-52-50-48(55-51)29-23-33-18-19-36-30-38(26-27-39(36)49(33)50)54-46-17-9-6-14-42(46)43-31-35(22-28-47(43)54)32-20-24-37(25-21-32)53-44-15-7-4-12-40(44)41-13-5-8-16-45(41)53/h1-31H. The molecule has 12 aromatic rings. The number of para-hydroxylation sites is 3. The lowest BCUT2D eigenvalue weighted by atomic mass is 10.0. The van der Waals surface area contributed by atoms with Crippen LogP contribution in [0.25, 0.3) is 108 Å². The van der Waals surface area contributed by atoms with Crippen LogP contribution in [-0.2, 0) is 0 Å². The number of thiazole rings is 1. The quantitative estimate of drug-likeness (QED) is 0.166. The van der Waals surface area contributed by atoms with Crippen molar-refractivity contribution >= 4 is 86.7 Å². The number of nitrogens with zero attached hydrogens (tertiary/aromatic N) is 3. The Morgan fingerprint density at radius 2 is 0.927 bits per heavy atom. The molecule has 0 aliphatic heterocycles. The van der Waals surface area contributed by atoms with E-state index in [0.29, 0.717) is 0 Å². The van der Waals surface area contributed by atoms with Gasteiger partial charge >= 0.3 is 0 Å². The van der Waals surface area contributed by atoms with Crippen LogP contribution in [-0.4, -0.2) is 14.1 Å². The van der Waals surface area contributed by atoms with E-state index in [4.69, 9.17) is 4.98 Å². The molecule has 3 aromatic heterocycles. The molecular weight excluding hydrogens is 687 g/mol. The summed E-state index contributed by atoms with van der Waals surface area (Å²) in [7, 11) is 0. The van der Waals surface area contributed by atoms with Crippen LogP contribution in [0.3, 0.4) is 0 Å². The van der Waals surface area contributed by atoms with Crippen LogP contribution in [0, 0.1) is 0 Å². The van der Waals surface area contributed by atoms with E-state index in [2.05, 4.69) is 197 Å². The highest BCUT2D eigenvalue weighted by Gasteiger charge is 2.17. The predicted octanol–water partition coefficient (Wildman–Crippen LogP) is 14.1. The van der Waals surface area contributed by atoms with E-state index in [0.717, 1.165) is 27.5 Å². The molecule has 0 radical (unpaired) electrons. The molecule has 0 bridgehead atoms. The Morgan fingerprint density at radius 1 is 0.364 bits per heavy atom. The van der Waals surface area contributed by atoms with E-state index in [9.17, 15) is 0 Å². The lowest BCUT2D eigenvalue weighted by Crippen LogP contribution is -1.94. The van der Waals surface area contributed by atoms with Crippen LogP contribution in [0.4, 0.5) is 0 Å². The molecule has 0 fully saturated rings. The van der Waals surface area contributed by atoms with E-state index in [-0.39, 0.29) is 0 Å². The van der Waals surface area contributed by atoms with Crippen LogP contribution < -0.4 is 0 Å². The minimum absolute atomic E-state index is 1.06. The Bertz CT molecular complexity index is 3420. The van der Waals surface area contributed by atoms with E-state index in [1.807, 2.05) is 0 Å². The predicted molar refractivity (Wildman–Crippen MR) is 234 cm³/mol. The van der Waals surface area contributed by atoms with Gasteiger partial charge in [0, 0.05) is 43.9 Å². The van der Waals surface area contributed by atoms with Crippen molar-refractivity contribution in [2.45, 2.75) is 0 Å². The number of aromatic nitrogens is 3. The Labute approximate surface area is 320 Å². The van der Waals surface area contributed by atoms with Gasteiger partial charge in [-0.05, 0) is 87.9 Å². The molecule has 0 spiro atoms. The second-order valence-electron chi connectivity index (χ2n) is 14.4. The van der Waals surface area contributed by atoms with Crippen molar-refractivity contribution in [1.82, 2.24) is 14.1 Å². The summed E-state index contributed by atoms with van der Waals surface area (Å²) >= 11 is 1.76. The van der Waals surface area contributed by atoms with Crippen molar-refractivity contribution in [2.24, 2.45) is 0 Å². The molecule has 12 rings (SSSR count). The highest BCUT2D eigenvalue weighted by atomic mass is 32.1. The highest BCUT2D eigenvalue weighted by Crippen LogP contribution is 2.40. The summed E-state index contributed by atoms with van der Waals surface area (Å²) in [5.41, 5.74) is 11.8. The van der Waals surface area contributed by atoms with Gasteiger partial charge in [0.15, 0.2) is 0 Å². The number of benzene rings is 9. The maximum absolute atomic E-state index is 5.20. The van der Waals surface area contributed by atoms with Gasteiger partial charge in [0.05, 0.1) is 32.3 Å². The molecule has 0 amide bonds. The molecule has 0 saturated carbocycles. The van der Waals surface area contributed by atoms with Gasteiger partial charge in [0.2, 0.25) is 0 Å². The van der Waals surface area contributed by atoms with E-state index in [1.165, 1.54) is 81.0 Å². The highest BCUT2D eigenvalue weighted by molar-refractivity contribution is 7.21. The summed E-state index contributed by atoms with van der Waals surface area (Å²) in [5, 5.41) is 11.0.